The summed E-state index contributed by atoms with van der Waals surface area (Å²) in [5.74, 6) is 0.979. The lowest BCUT2D eigenvalue weighted by molar-refractivity contribution is 1.24. The van der Waals surface area contributed by atoms with E-state index < -0.39 is 0 Å². The van der Waals surface area contributed by atoms with E-state index in [4.69, 9.17) is 0 Å². The van der Waals surface area contributed by atoms with Crippen LogP contribution in [0, 0.1) is 6.26 Å². The number of aromatic amines is 1. The topological polar surface area (TPSA) is 15.8 Å². The Morgan fingerprint density at radius 3 is 3.12 bits per heavy atom. The van der Waals surface area contributed by atoms with Crippen LogP contribution in [0.2, 0.25) is 0 Å². The quantitative estimate of drug-likeness (QED) is 0.641. The lowest BCUT2D eigenvalue weighted by Crippen LogP contribution is -1.73. The number of rotatable bonds is 2. The van der Waals surface area contributed by atoms with Gasteiger partial charge in [0.2, 0.25) is 0 Å². The summed E-state index contributed by atoms with van der Waals surface area (Å²) < 4.78 is 0. The van der Waals surface area contributed by atoms with E-state index >= 15 is 0 Å². The van der Waals surface area contributed by atoms with Crippen molar-refractivity contribution in [1.82, 2.24) is 4.98 Å². The molecule has 0 unspecified atom stereocenters. The lowest BCUT2D eigenvalue weighted by atomic mass is 10.5. The monoisotopic (exact) mass is 126 g/mol. The van der Waals surface area contributed by atoms with Gasteiger partial charge in [-0.3, -0.25) is 0 Å². The average Bonchev–Trinajstić information content (AvgIpc) is 2.19. The molecule has 1 N–H and O–H groups in total. The second kappa shape index (κ2) is 2.82. The molecule has 1 rings (SSSR count). The average molecular weight is 126 g/mol. The minimum atomic E-state index is 0.979. The maximum absolute atomic E-state index is 3.66. The molecule has 0 bridgehead atoms. The second-order valence-corrected chi connectivity index (χ2v) is 2.24. The Morgan fingerprint density at radius 2 is 2.62 bits per heavy atom. The summed E-state index contributed by atoms with van der Waals surface area (Å²) in [5.41, 5.74) is 1.24. The molecule has 0 saturated heterocycles. The Labute approximate surface area is 53.5 Å². The van der Waals surface area contributed by atoms with Gasteiger partial charge >= 0.3 is 0 Å². The number of H-pyrrole nitrogens is 1. The molecule has 1 aromatic heterocycles. The maximum Gasteiger partial charge on any atom is 0.0336 e. The van der Waals surface area contributed by atoms with E-state index in [1.807, 2.05) is 12.3 Å². The molecule has 0 aliphatic rings. The number of nitrogens with one attached hydrogen (secondary N) is 1. The summed E-state index contributed by atoms with van der Waals surface area (Å²) in [6.45, 7) is 0. The van der Waals surface area contributed by atoms with Crippen molar-refractivity contribution in [2.24, 2.45) is 0 Å². The fraction of sp³-hybridized carbons (Fsp3) is 0.167. The summed E-state index contributed by atoms with van der Waals surface area (Å²) in [4.78, 5) is 3.08. The predicted octanol–water partition coefficient (Wildman–Crippen LogP) is 2.04. The Balaban J connectivity index is 2.50. The van der Waals surface area contributed by atoms with Crippen molar-refractivity contribution in [3.8, 4) is 0 Å². The molecule has 43 valence electrons. The highest BCUT2D eigenvalue weighted by Gasteiger charge is 1.86. The molecule has 0 aromatic carbocycles. The first-order valence-electron chi connectivity index (χ1n) is 2.42. The van der Waals surface area contributed by atoms with E-state index in [1.165, 1.54) is 5.69 Å². The van der Waals surface area contributed by atoms with Crippen LogP contribution in [0.15, 0.2) is 18.3 Å². The third kappa shape index (κ3) is 1.30. The molecule has 0 amide bonds. The lowest BCUT2D eigenvalue weighted by Gasteiger charge is -1.87. The Bertz CT molecular complexity index is 134. The molecule has 0 aliphatic carbocycles. The van der Waals surface area contributed by atoms with E-state index in [-0.39, 0.29) is 0 Å². The number of thioether (sulfide) groups is 1. The van der Waals surface area contributed by atoms with Gasteiger partial charge in [-0.2, -0.15) is 11.8 Å². The molecular formula is C6H8NS. The van der Waals surface area contributed by atoms with Crippen LogP contribution in [0.1, 0.15) is 5.69 Å². The van der Waals surface area contributed by atoms with Gasteiger partial charge in [0.25, 0.3) is 0 Å². The SMILES string of the molecule is [CH2]SCc1ccc[nH]1. The summed E-state index contributed by atoms with van der Waals surface area (Å²) in [6, 6.07) is 4.05. The number of hydrogen-bond acceptors (Lipinski definition) is 1. The van der Waals surface area contributed by atoms with Gasteiger partial charge in [0, 0.05) is 23.9 Å². The molecule has 1 radical (unpaired) electrons. The number of aromatic nitrogens is 1. The summed E-state index contributed by atoms with van der Waals surface area (Å²) >= 11 is 1.58. The predicted molar refractivity (Wildman–Crippen MR) is 37.4 cm³/mol. The van der Waals surface area contributed by atoms with Crippen LogP contribution in [0.4, 0.5) is 0 Å². The third-order valence-corrected chi connectivity index (χ3v) is 1.44. The van der Waals surface area contributed by atoms with Gasteiger partial charge < -0.3 is 4.98 Å². The van der Waals surface area contributed by atoms with Crippen LogP contribution in [0.3, 0.4) is 0 Å². The smallest absolute Gasteiger partial charge is 0.0336 e. The van der Waals surface area contributed by atoms with Gasteiger partial charge in [0.05, 0.1) is 0 Å². The molecular weight excluding hydrogens is 118 g/mol. The largest absolute Gasteiger partial charge is 0.364 e. The van der Waals surface area contributed by atoms with Crippen LogP contribution in [-0.4, -0.2) is 4.98 Å². The van der Waals surface area contributed by atoms with Crippen molar-refractivity contribution in [2.75, 3.05) is 0 Å². The molecule has 0 atom stereocenters. The van der Waals surface area contributed by atoms with Crippen LogP contribution < -0.4 is 0 Å². The fourth-order valence-electron chi connectivity index (χ4n) is 0.567. The maximum atomic E-state index is 3.66. The van der Waals surface area contributed by atoms with Crippen molar-refractivity contribution >= 4 is 11.8 Å². The van der Waals surface area contributed by atoms with Gasteiger partial charge in [-0.1, -0.05) is 0 Å². The zero-order chi connectivity index (χ0) is 5.82. The highest BCUT2D eigenvalue weighted by atomic mass is 32.2. The zero-order valence-corrected chi connectivity index (χ0v) is 5.37. The van der Waals surface area contributed by atoms with Crippen LogP contribution in [-0.2, 0) is 5.75 Å². The zero-order valence-electron chi connectivity index (χ0n) is 4.55. The molecule has 1 nitrogen and oxygen atoms in total. The summed E-state index contributed by atoms with van der Waals surface area (Å²) in [6.07, 6.45) is 5.58. The first-order valence-corrected chi connectivity index (χ1v) is 3.58. The molecule has 1 heterocycles. The van der Waals surface area contributed by atoms with E-state index in [9.17, 15) is 0 Å². The Kier molecular flexibility index (Phi) is 2.03. The second-order valence-electron chi connectivity index (χ2n) is 1.54. The van der Waals surface area contributed by atoms with Crippen molar-refractivity contribution in [3.05, 3.63) is 30.3 Å². The molecule has 0 fully saturated rings. The van der Waals surface area contributed by atoms with Crippen molar-refractivity contribution in [1.29, 1.82) is 0 Å². The fourth-order valence-corrected chi connectivity index (χ4v) is 0.967. The van der Waals surface area contributed by atoms with E-state index in [2.05, 4.69) is 17.3 Å². The summed E-state index contributed by atoms with van der Waals surface area (Å²) in [5, 5.41) is 0. The van der Waals surface area contributed by atoms with Crippen molar-refractivity contribution in [3.63, 3.8) is 0 Å². The van der Waals surface area contributed by atoms with Crippen LogP contribution in [0.5, 0.6) is 0 Å². The molecule has 0 saturated carbocycles. The minimum absolute atomic E-state index is 0.979. The highest BCUT2D eigenvalue weighted by Crippen LogP contribution is 2.05. The highest BCUT2D eigenvalue weighted by molar-refractivity contribution is 7.99. The van der Waals surface area contributed by atoms with Crippen LogP contribution in [0.25, 0.3) is 0 Å². The van der Waals surface area contributed by atoms with Crippen molar-refractivity contribution < 1.29 is 0 Å². The van der Waals surface area contributed by atoms with Gasteiger partial charge in [0.15, 0.2) is 0 Å². The third-order valence-electron chi connectivity index (χ3n) is 0.920. The summed E-state index contributed by atoms with van der Waals surface area (Å²) in [7, 11) is 0. The van der Waals surface area contributed by atoms with E-state index in [0.29, 0.717) is 0 Å². The standard InChI is InChI=1S/C6H8NS/c1-8-5-6-3-2-4-7-6/h2-4,7H,1,5H2. The van der Waals surface area contributed by atoms with Gasteiger partial charge in [-0.05, 0) is 12.1 Å². The van der Waals surface area contributed by atoms with Gasteiger partial charge in [0.1, 0.15) is 0 Å². The van der Waals surface area contributed by atoms with Crippen molar-refractivity contribution in [2.45, 2.75) is 5.75 Å². The molecule has 0 spiro atoms. The first kappa shape index (κ1) is 5.76. The normalized spacial score (nSPS) is 9.62. The van der Waals surface area contributed by atoms with Gasteiger partial charge in [-0.15, -0.1) is 0 Å². The van der Waals surface area contributed by atoms with E-state index in [1.54, 1.807) is 11.8 Å². The molecule has 0 aliphatic heterocycles. The molecule has 8 heavy (non-hydrogen) atoms. The van der Waals surface area contributed by atoms with E-state index in [0.717, 1.165) is 5.75 Å². The van der Waals surface area contributed by atoms with Gasteiger partial charge in [-0.25, -0.2) is 0 Å². The Morgan fingerprint density at radius 1 is 1.75 bits per heavy atom. The molecule has 1 aromatic rings. The van der Waals surface area contributed by atoms with Crippen LogP contribution >= 0.6 is 11.8 Å². The minimum Gasteiger partial charge on any atom is -0.364 e. The Hall–Kier alpha value is -0.370. The number of hydrogen-bond donors (Lipinski definition) is 1. The molecule has 2 heteroatoms. The first-order chi connectivity index (χ1) is 3.93.